The van der Waals surface area contributed by atoms with Crippen LogP contribution in [0.5, 0.6) is 17.2 Å². The van der Waals surface area contributed by atoms with E-state index in [1.54, 1.807) is 12.1 Å². The Morgan fingerprint density at radius 1 is 0.970 bits per heavy atom. The molecule has 1 aliphatic heterocycles. The summed E-state index contributed by atoms with van der Waals surface area (Å²) in [6.45, 7) is 13.0. The van der Waals surface area contributed by atoms with Gasteiger partial charge in [-0.1, -0.05) is 29.8 Å². The molecule has 0 radical (unpaired) electrons. The summed E-state index contributed by atoms with van der Waals surface area (Å²) < 4.78 is 22.8. The Morgan fingerprint density at radius 3 is 2.09 bits per heavy atom. The number of carbonyl (C=O) groups excluding carboxylic acids is 1. The number of hydrogen-bond donors (Lipinski definition) is 1. The van der Waals surface area contributed by atoms with Gasteiger partial charge in [0.2, 0.25) is 5.75 Å². The van der Waals surface area contributed by atoms with Crippen molar-refractivity contribution in [3.63, 3.8) is 0 Å². The molecule has 1 fully saturated rings. The monoisotopic (exact) mass is 456 g/mol. The highest BCUT2D eigenvalue weighted by atomic mass is 16.5. The molecule has 3 rings (SSSR count). The van der Waals surface area contributed by atoms with Gasteiger partial charge in [-0.2, -0.15) is 0 Å². The van der Waals surface area contributed by atoms with Crippen molar-refractivity contribution >= 4 is 5.91 Å². The van der Waals surface area contributed by atoms with E-state index in [2.05, 4.69) is 41.4 Å². The number of benzene rings is 2. The predicted octanol–water partition coefficient (Wildman–Crippen LogP) is 3.99. The zero-order chi connectivity index (χ0) is 23.6. The van der Waals surface area contributed by atoms with E-state index < -0.39 is 0 Å². The fourth-order valence-electron chi connectivity index (χ4n) is 3.84. The van der Waals surface area contributed by atoms with Crippen LogP contribution in [0.25, 0.3) is 0 Å². The topological polar surface area (TPSA) is 69.3 Å². The molecule has 2 aromatic carbocycles. The minimum Gasteiger partial charge on any atom is -0.490 e. The van der Waals surface area contributed by atoms with Crippen LogP contribution in [0.15, 0.2) is 36.4 Å². The number of rotatable bonds is 11. The molecule has 0 aliphatic carbocycles. The first-order chi connectivity index (χ1) is 16.0. The van der Waals surface area contributed by atoms with E-state index in [1.165, 1.54) is 5.56 Å². The molecule has 0 aromatic heterocycles. The smallest absolute Gasteiger partial charge is 0.252 e. The molecular formula is C26H36N2O5. The van der Waals surface area contributed by atoms with E-state index in [1.807, 2.05) is 20.8 Å². The van der Waals surface area contributed by atoms with Gasteiger partial charge in [0, 0.05) is 25.2 Å². The highest BCUT2D eigenvalue weighted by Gasteiger charge is 2.23. The minimum atomic E-state index is -0.182. The Kier molecular flexibility index (Phi) is 9.39. The molecule has 1 atom stereocenters. The summed E-state index contributed by atoms with van der Waals surface area (Å²) in [5.74, 6) is 1.37. The second-order valence-corrected chi connectivity index (χ2v) is 7.95. The number of aryl methyl sites for hydroxylation is 1. The van der Waals surface area contributed by atoms with Crippen molar-refractivity contribution in [2.45, 2.75) is 33.7 Å². The van der Waals surface area contributed by atoms with Crippen molar-refractivity contribution in [3.05, 3.63) is 53.1 Å². The Morgan fingerprint density at radius 2 is 1.55 bits per heavy atom. The molecule has 7 nitrogen and oxygen atoms in total. The number of nitrogens with one attached hydrogen (secondary N) is 1. The van der Waals surface area contributed by atoms with E-state index in [9.17, 15) is 4.79 Å². The van der Waals surface area contributed by atoms with Crippen LogP contribution in [0.1, 0.15) is 48.3 Å². The SMILES string of the molecule is CCOc1cc(C(=O)NC(CN2CCOCC2)c2ccc(C)cc2)cc(OCC)c1OCC. The van der Waals surface area contributed by atoms with Crippen molar-refractivity contribution in [1.29, 1.82) is 0 Å². The Balaban J connectivity index is 1.88. The molecule has 7 heteroatoms. The van der Waals surface area contributed by atoms with Crippen molar-refractivity contribution in [3.8, 4) is 17.2 Å². The highest BCUT2D eigenvalue weighted by molar-refractivity contribution is 5.96. The Labute approximate surface area is 197 Å². The second kappa shape index (κ2) is 12.5. The molecule has 2 aromatic rings. The van der Waals surface area contributed by atoms with Crippen molar-refractivity contribution in [2.75, 3.05) is 52.7 Å². The van der Waals surface area contributed by atoms with Crippen LogP contribution in [0.4, 0.5) is 0 Å². The molecule has 0 bridgehead atoms. The van der Waals surface area contributed by atoms with Gasteiger partial charge in [-0.3, -0.25) is 9.69 Å². The molecule has 1 amide bonds. The number of hydrogen-bond acceptors (Lipinski definition) is 6. The lowest BCUT2D eigenvalue weighted by Crippen LogP contribution is -2.43. The number of amides is 1. The first kappa shape index (κ1) is 24.9. The van der Waals surface area contributed by atoms with Gasteiger partial charge < -0.3 is 24.3 Å². The first-order valence-electron chi connectivity index (χ1n) is 11.8. The summed E-state index contributed by atoms with van der Waals surface area (Å²) in [5, 5.41) is 3.23. The molecule has 1 N–H and O–H groups in total. The molecular weight excluding hydrogens is 420 g/mol. The second-order valence-electron chi connectivity index (χ2n) is 7.95. The molecule has 1 saturated heterocycles. The normalized spacial score (nSPS) is 15.0. The van der Waals surface area contributed by atoms with Crippen LogP contribution in [0.2, 0.25) is 0 Å². The van der Waals surface area contributed by atoms with Gasteiger partial charge in [-0.15, -0.1) is 0 Å². The third-order valence-corrected chi connectivity index (χ3v) is 5.50. The lowest BCUT2D eigenvalue weighted by Gasteiger charge is -2.31. The molecule has 1 unspecified atom stereocenters. The van der Waals surface area contributed by atoms with Crippen LogP contribution in [0.3, 0.4) is 0 Å². The fourth-order valence-corrected chi connectivity index (χ4v) is 3.84. The van der Waals surface area contributed by atoms with Crippen LogP contribution in [-0.4, -0.2) is 63.5 Å². The molecule has 0 spiro atoms. The van der Waals surface area contributed by atoms with Gasteiger partial charge in [0.05, 0.1) is 39.1 Å². The van der Waals surface area contributed by atoms with Crippen LogP contribution >= 0.6 is 0 Å². The molecule has 33 heavy (non-hydrogen) atoms. The first-order valence-corrected chi connectivity index (χ1v) is 11.8. The van der Waals surface area contributed by atoms with Gasteiger partial charge >= 0.3 is 0 Å². The predicted molar refractivity (Wildman–Crippen MR) is 129 cm³/mol. The van der Waals surface area contributed by atoms with Gasteiger partial charge in [0.1, 0.15) is 0 Å². The zero-order valence-corrected chi connectivity index (χ0v) is 20.2. The summed E-state index contributed by atoms with van der Waals surface area (Å²) in [6, 6.07) is 11.6. The average molecular weight is 457 g/mol. The maximum atomic E-state index is 13.4. The maximum absolute atomic E-state index is 13.4. The van der Waals surface area contributed by atoms with Crippen LogP contribution < -0.4 is 19.5 Å². The summed E-state index contributed by atoms with van der Waals surface area (Å²) in [5.41, 5.74) is 2.73. The lowest BCUT2D eigenvalue weighted by molar-refractivity contribution is 0.0332. The third-order valence-electron chi connectivity index (χ3n) is 5.50. The fraction of sp³-hybridized carbons (Fsp3) is 0.500. The zero-order valence-electron chi connectivity index (χ0n) is 20.2. The molecule has 180 valence electrons. The largest absolute Gasteiger partial charge is 0.490 e. The van der Waals surface area contributed by atoms with E-state index in [0.29, 0.717) is 62.4 Å². The molecule has 1 aliphatic rings. The van der Waals surface area contributed by atoms with Gasteiger partial charge in [-0.05, 0) is 45.4 Å². The Hall–Kier alpha value is -2.77. The van der Waals surface area contributed by atoms with E-state index in [4.69, 9.17) is 18.9 Å². The minimum absolute atomic E-state index is 0.158. The third kappa shape index (κ3) is 6.85. The van der Waals surface area contributed by atoms with Gasteiger partial charge in [-0.25, -0.2) is 0 Å². The maximum Gasteiger partial charge on any atom is 0.252 e. The quantitative estimate of drug-likeness (QED) is 0.551. The number of ether oxygens (including phenoxy) is 4. The van der Waals surface area contributed by atoms with E-state index in [0.717, 1.165) is 18.7 Å². The Bertz CT molecular complexity index is 867. The lowest BCUT2D eigenvalue weighted by atomic mass is 10.0. The van der Waals surface area contributed by atoms with Crippen LogP contribution in [-0.2, 0) is 4.74 Å². The van der Waals surface area contributed by atoms with Crippen LogP contribution in [0, 0.1) is 6.92 Å². The molecule has 0 saturated carbocycles. The van der Waals surface area contributed by atoms with Crippen molar-refractivity contribution in [2.24, 2.45) is 0 Å². The van der Waals surface area contributed by atoms with Gasteiger partial charge in [0.15, 0.2) is 11.5 Å². The van der Waals surface area contributed by atoms with Gasteiger partial charge in [0.25, 0.3) is 5.91 Å². The van der Waals surface area contributed by atoms with E-state index >= 15 is 0 Å². The van der Waals surface area contributed by atoms with Crippen molar-refractivity contribution in [1.82, 2.24) is 10.2 Å². The summed E-state index contributed by atoms with van der Waals surface area (Å²) >= 11 is 0. The number of nitrogens with zero attached hydrogens (tertiary/aromatic N) is 1. The summed E-state index contributed by atoms with van der Waals surface area (Å²) in [4.78, 5) is 15.7. The van der Waals surface area contributed by atoms with E-state index in [-0.39, 0.29) is 11.9 Å². The summed E-state index contributed by atoms with van der Waals surface area (Å²) in [6.07, 6.45) is 0. The number of carbonyl (C=O) groups is 1. The van der Waals surface area contributed by atoms with Crippen molar-refractivity contribution < 1.29 is 23.7 Å². The molecule has 1 heterocycles. The summed E-state index contributed by atoms with van der Waals surface area (Å²) in [7, 11) is 0. The highest BCUT2D eigenvalue weighted by Crippen LogP contribution is 2.39. The average Bonchev–Trinajstić information content (AvgIpc) is 2.82. The standard InChI is InChI=1S/C26H36N2O5/c1-5-31-23-16-21(17-24(32-6-2)25(23)33-7-3)26(29)27-22(18-28-12-14-30-15-13-28)20-10-8-19(4)9-11-20/h8-11,16-17,22H,5-7,12-15,18H2,1-4H3,(H,27,29). The number of morpholine rings is 1.